The smallest absolute Gasteiger partial charge is 0.123 e. The summed E-state index contributed by atoms with van der Waals surface area (Å²) in [5.41, 5.74) is 2.03. The predicted octanol–water partition coefficient (Wildman–Crippen LogP) is 4.88. The fourth-order valence-electron chi connectivity index (χ4n) is 2.89. The Morgan fingerprint density at radius 1 is 0.739 bits per heavy atom. The molecule has 0 amide bonds. The topological polar surface area (TPSA) is 23.8 Å². The Kier molecular flexibility index (Phi) is 4.21. The fourth-order valence-corrected chi connectivity index (χ4v) is 2.89. The number of hydrogen-bond acceptors (Lipinski definition) is 1. The molecule has 3 aromatic carbocycles. The summed E-state index contributed by atoms with van der Waals surface area (Å²) < 4.78 is 13.2. The van der Waals surface area contributed by atoms with Gasteiger partial charge < -0.3 is 0 Å². The molecular weight excluding hydrogens is 285 g/mol. The molecule has 23 heavy (non-hydrogen) atoms. The Balaban J connectivity index is 2.13. The van der Waals surface area contributed by atoms with Gasteiger partial charge in [0.05, 0.1) is 6.07 Å². The van der Waals surface area contributed by atoms with Crippen molar-refractivity contribution in [2.45, 2.75) is 11.8 Å². The van der Waals surface area contributed by atoms with E-state index in [9.17, 15) is 9.65 Å². The highest BCUT2D eigenvalue weighted by molar-refractivity contribution is 5.47. The molecule has 112 valence electrons. The van der Waals surface area contributed by atoms with E-state index in [0.29, 0.717) is 6.42 Å². The van der Waals surface area contributed by atoms with Gasteiger partial charge >= 0.3 is 0 Å². The van der Waals surface area contributed by atoms with Crippen molar-refractivity contribution in [3.8, 4) is 6.07 Å². The maximum Gasteiger partial charge on any atom is 0.123 e. The molecular formula is C21H16FN. The molecule has 0 N–H and O–H groups in total. The average molecular weight is 301 g/mol. The highest BCUT2D eigenvalue weighted by Crippen LogP contribution is 2.35. The lowest BCUT2D eigenvalue weighted by Crippen LogP contribution is -2.28. The Bertz CT molecular complexity index is 762. The van der Waals surface area contributed by atoms with Gasteiger partial charge in [0.15, 0.2) is 0 Å². The third-order valence-electron chi connectivity index (χ3n) is 4.11. The van der Waals surface area contributed by atoms with Crippen LogP contribution in [0.5, 0.6) is 0 Å². The molecule has 0 unspecified atom stereocenters. The first-order valence-corrected chi connectivity index (χ1v) is 7.51. The lowest BCUT2D eigenvalue weighted by molar-refractivity contribution is 0.621. The molecule has 0 aliphatic rings. The molecule has 3 aromatic rings. The molecule has 0 atom stereocenters. The molecule has 2 heteroatoms. The first-order valence-electron chi connectivity index (χ1n) is 7.51. The summed E-state index contributed by atoms with van der Waals surface area (Å²) in [6.07, 6.45) is 0.498. The van der Waals surface area contributed by atoms with Crippen LogP contribution in [0.25, 0.3) is 0 Å². The van der Waals surface area contributed by atoms with E-state index in [1.165, 1.54) is 12.1 Å². The Morgan fingerprint density at radius 2 is 1.22 bits per heavy atom. The Hall–Kier alpha value is -2.92. The fraction of sp³-hybridized carbons (Fsp3) is 0.0952. The zero-order chi connectivity index (χ0) is 16.1. The van der Waals surface area contributed by atoms with Crippen LogP contribution >= 0.6 is 0 Å². The number of benzene rings is 3. The highest BCUT2D eigenvalue weighted by atomic mass is 19.1. The molecule has 3 rings (SSSR count). The highest BCUT2D eigenvalue weighted by Gasteiger charge is 2.34. The lowest BCUT2D eigenvalue weighted by Gasteiger charge is -2.28. The van der Waals surface area contributed by atoms with E-state index in [1.54, 1.807) is 12.1 Å². The van der Waals surface area contributed by atoms with Crippen LogP contribution in [-0.4, -0.2) is 0 Å². The van der Waals surface area contributed by atoms with Crippen LogP contribution in [-0.2, 0) is 11.8 Å². The SMILES string of the molecule is N#CC(Cc1ccc(F)cc1)(c1ccccc1)c1ccccc1. The molecule has 1 nitrogen and oxygen atoms in total. The van der Waals surface area contributed by atoms with Crippen LogP contribution < -0.4 is 0 Å². The van der Waals surface area contributed by atoms with Crippen molar-refractivity contribution in [1.29, 1.82) is 5.26 Å². The molecule has 0 radical (unpaired) electrons. The lowest BCUT2D eigenvalue weighted by atomic mass is 9.71. The van der Waals surface area contributed by atoms with Crippen molar-refractivity contribution in [2.75, 3.05) is 0 Å². The third kappa shape index (κ3) is 3.00. The summed E-state index contributed by atoms with van der Waals surface area (Å²) in [5.74, 6) is -0.268. The van der Waals surface area contributed by atoms with Crippen molar-refractivity contribution >= 4 is 0 Å². The number of halogens is 1. The zero-order valence-corrected chi connectivity index (χ0v) is 12.6. The van der Waals surface area contributed by atoms with Crippen LogP contribution in [0.2, 0.25) is 0 Å². The van der Waals surface area contributed by atoms with E-state index >= 15 is 0 Å². The van der Waals surface area contributed by atoms with Gasteiger partial charge in [-0.3, -0.25) is 0 Å². The van der Waals surface area contributed by atoms with Crippen molar-refractivity contribution in [3.05, 3.63) is 107 Å². The van der Waals surface area contributed by atoms with Crippen LogP contribution in [0, 0.1) is 17.1 Å². The number of nitriles is 1. The molecule has 0 spiro atoms. The summed E-state index contributed by atoms with van der Waals surface area (Å²) in [5, 5.41) is 10.1. The molecule has 0 aliphatic heterocycles. The van der Waals surface area contributed by atoms with Crippen LogP contribution in [0.4, 0.5) is 4.39 Å². The minimum Gasteiger partial charge on any atom is -0.207 e. The zero-order valence-electron chi connectivity index (χ0n) is 12.6. The van der Waals surface area contributed by atoms with Gasteiger partial charge in [-0.15, -0.1) is 0 Å². The molecule has 0 heterocycles. The maximum absolute atomic E-state index is 13.2. The van der Waals surface area contributed by atoms with E-state index in [-0.39, 0.29) is 5.82 Å². The Morgan fingerprint density at radius 3 is 1.65 bits per heavy atom. The average Bonchev–Trinajstić information content (AvgIpc) is 2.63. The van der Waals surface area contributed by atoms with Crippen molar-refractivity contribution in [1.82, 2.24) is 0 Å². The minimum atomic E-state index is -0.791. The van der Waals surface area contributed by atoms with E-state index in [4.69, 9.17) is 0 Å². The van der Waals surface area contributed by atoms with Gasteiger partial charge in [0.25, 0.3) is 0 Å². The van der Waals surface area contributed by atoms with Crippen molar-refractivity contribution < 1.29 is 4.39 Å². The van der Waals surface area contributed by atoms with E-state index in [1.807, 2.05) is 60.7 Å². The maximum atomic E-state index is 13.2. The second-order valence-electron chi connectivity index (χ2n) is 5.55. The molecule has 0 aliphatic carbocycles. The monoisotopic (exact) mass is 301 g/mol. The molecule has 0 fully saturated rings. The second kappa shape index (κ2) is 6.46. The van der Waals surface area contributed by atoms with Crippen LogP contribution in [0.3, 0.4) is 0 Å². The predicted molar refractivity (Wildman–Crippen MR) is 89.4 cm³/mol. The number of nitrogens with zero attached hydrogens (tertiary/aromatic N) is 1. The van der Waals surface area contributed by atoms with Crippen LogP contribution in [0.15, 0.2) is 84.9 Å². The van der Waals surface area contributed by atoms with Crippen molar-refractivity contribution in [2.24, 2.45) is 0 Å². The first-order chi connectivity index (χ1) is 11.2. The molecule has 0 saturated heterocycles. The number of hydrogen-bond donors (Lipinski definition) is 0. The summed E-state index contributed by atoms with van der Waals surface area (Å²) >= 11 is 0. The van der Waals surface area contributed by atoms with Crippen molar-refractivity contribution in [3.63, 3.8) is 0 Å². The van der Waals surface area contributed by atoms with Gasteiger partial charge in [0.2, 0.25) is 0 Å². The molecule has 0 bridgehead atoms. The first kappa shape index (κ1) is 15.0. The Labute approximate surface area is 135 Å². The molecule has 0 saturated carbocycles. The van der Waals surface area contributed by atoms with E-state index in [2.05, 4.69) is 6.07 Å². The van der Waals surface area contributed by atoms with E-state index in [0.717, 1.165) is 16.7 Å². The van der Waals surface area contributed by atoms with Gasteiger partial charge in [-0.2, -0.15) is 5.26 Å². The third-order valence-corrected chi connectivity index (χ3v) is 4.11. The van der Waals surface area contributed by atoms with Gasteiger partial charge in [0.1, 0.15) is 11.2 Å². The van der Waals surface area contributed by atoms with E-state index < -0.39 is 5.41 Å². The summed E-state index contributed by atoms with van der Waals surface area (Å²) in [4.78, 5) is 0. The summed E-state index contributed by atoms with van der Waals surface area (Å²) in [6, 6.07) is 28.4. The normalized spacial score (nSPS) is 11.0. The summed E-state index contributed by atoms with van der Waals surface area (Å²) in [6.45, 7) is 0. The van der Waals surface area contributed by atoms with Gasteiger partial charge in [0, 0.05) is 0 Å². The minimum absolute atomic E-state index is 0.268. The molecule has 0 aromatic heterocycles. The van der Waals surface area contributed by atoms with Crippen LogP contribution in [0.1, 0.15) is 16.7 Å². The summed E-state index contributed by atoms with van der Waals surface area (Å²) in [7, 11) is 0. The standard InChI is InChI=1S/C21H16FN/c22-20-13-11-17(12-14-20)15-21(16-23,18-7-3-1-4-8-18)19-9-5-2-6-10-19/h1-14H,15H2. The second-order valence-corrected chi connectivity index (χ2v) is 5.55. The van der Waals surface area contributed by atoms with Gasteiger partial charge in [-0.05, 0) is 35.2 Å². The van der Waals surface area contributed by atoms with Gasteiger partial charge in [-0.25, -0.2) is 4.39 Å². The van der Waals surface area contributed by atoms with Gasteiger partial charge in [-0.1, -0.05) is 72.8 Å². The number of rotatable bonds is 4. The quantitative estimate of drug-likeness (QED) is 0.674. The largest absolute Gasteiger partial charge is 0.207 e.